The number of nitrogens with one attached hydrogen (secondary N) is 2. The minimum atomic E-state index is -3.58. The van der Waals surface area contributed by atoms with Crippen LogP contribution in [0.3, 0.4) is 0 Å². The van der Waals surface area contributed by atoms with E-state index >= 15 is 0 Å². The van der Waals surface area contributed by atoms with E-state index < -0.39 is 10.0 Å². The van der Waals surface area contributed by atoms with Crippen molar-refractivity contribution in [2.24, 2.45) is 0 Å². The van der Waals surface area contributed by atoms with Crippen LogP contribution in [0.15, 0.2) is 51.1 Å². The summed E-state index contributed by atoms with van der Waals surface area (Å²) in [5, 5.41) is 3.32. The highest BCUT2D eigenvalue weighted by Crippen LogP contribution is 2.22. The monoisotopic (exact) mass is 497 g/mol. The molecule has 1 amide bonds. The number of halogens is 1. The average molecular weight is 498 g/mol. The summed E-state index contributed by atoms with van der Waals surface area (Å²) in [7, 11) is -3.58. The maximum absolute atomic E-state index is 12.6. The Morgan fingerprint density at radius 1 is 1.28 bits per heavy atom. The normalized spacial score (nSPS) is 11.9. The van der Waals surface area contributed by atoms with Crippen molar-refractivity contribution < 1.29 is 13.2 Å². The van der Waals surface area contributed by atoms with Crippen molar-refractivity contribution in [2.45, 2.75) is 23.9 Å². The maximum atomic E-state index is 12.6. The second-order valence-corrected chi connectivity index (χ2v) is 9.84. The number of benzene rings is 1. The third-order valence-corrected chi connectivity index (χ3v) is 7.44. The van der Waals surface area contributed by atoms with Gasteiger partial charge in [-0.05, 0) is 40.2 Å². The van der Waals surface area contributed by atoms with Crippen LogP contribution in [0.25, 0.3) is 11.2 Å². The predicted molar refractivity (Wildman–Crippen MR) is 117 cm³/mol. The molecule has 2 aromatic heterocycles. The number of amides is 1. The Kier molecular flexibility index (Phi) is 6.93. The molecule has 1 aromatic carbocycles. The van der Waals surface area contributed by atoms with E-state index in [2.05, 4.69) is 36.2 Å². The minimum Gasteiger partial charge on any atom is -0.331 e. The van der Waals surface area contributed by atoms with Gasteiger partial charge in [-0.3, -0.25) is 4.79 Å². The standard InChI is InChI=1S/C18H20BrN5O3S2/c1-3-24(4-2)29(26,27)14-7-5-6-13(9-14)21-16(25)11-28-18-22-15-8-12(19)10-20-17(15)23-18/h5-10H,3-4,11H2,1-2H3,(H,21,25)(H,20,22,23). The van der Waals surface area contributed by atoms with Gasteiger partial charge >= 0.3 is 0 Å². The van der Waals surface area contributed by atoms with Gasteiger partial charge in [0.2, 0.25) is 15.9 Å². The van der Waals surface area contributed by atoms with Gasteiger partial charge in [0.1, 0.15) is 0 Å². The number of sulfonamides is 1. The molecule has 2 N–H and O–H groups in total. The van der Waals surface area contributed by atoms with Gasteiger partial charge < -0.3 is 10.3 Å². The second-order valence-electron chi connectivity index (χ2n) is 6.02. The smallest absolute Gasteiger partial charge is 0.243 e. The summed E-state index contributed by atoms with van der Waals surface area (Å²) in [5.41, 5.74) is 1.78. The minimum absolute atomic E-state index is 0.119. The van der Waals surface area contributed by atoms with Gasteiger partial charge in [0.15, 0.2) is 10.8 Å². The van der Waals surface area contributed by atoms with E-state index in [1.165, 1.54) is 28.2 Å². The quantitative estimate of drug-likeness (QED) is 0.461. The molecule has 0 aliphatic heterocycles. The van der Waals surface area contributed by atoms with Crippen LogP contribution in [-0.2, 0) is 14.8 Å². The Balaban J connectivity index is 1.66. The van der Waals surface area contributed by atoms with E-state index in [1.807, 2.05) is 6.07 Å². The van der Waals surface area contributed by atoms with Crippen molar-refractivity contribution in [3.8, 4) is 0 Å². The Morgan fingerprint density at radius 3 is 2.76 bits per heavy atom. The number of rotatable bonds is 8. The van der Waals surface area contributed by atoms with Gasteiger partial charge in [-0.25, -0.2) is 18.4 Å². The van der Waals surface area contributed by atoms with Crippen molar-refractivity contribution in [3.05, 3.63) is 41.0 Å². The van der Waals surface area contributed by atoms with E-state index in [1.54, 1.807) is 32.2 Å². The van der Waals surface area contributed by atoms with Gasteiger partial charge in [-0.1, -0.05) is 31.7 Å². The lowest BCUT2D eigenvalue weighted by Crippen LogP contribution is -2.30. The van der Waals surface area contributed by atoms with Crippen LogP contribution < -0.4 is 5.32 Å². The second kappa shape index (κ2) is 9.24. The third kappa shape index (κ3) is 5.16. The number of imidazole rings is 1. The number of pyridine rings is 1. The largest absolute Gasteiger partial charge is 0.331 e. The number of carbonyl (C=O) groups is 1. The molecule has 0 fully saturated rings. The molecule has 8 nitrogen and oxygen atoms in total. The Morgan fingerprint density at radius 2 is 2.03 bits per heavy atom. The zero-order valence-electron chi connectivity index (χ0n) is 15.8. The Bertz CT molecular complexity index is 1130. The Hall–Kier alpha value is -1.95. The number of fused-ring (bicyclic) bond motifs is 1. The number of thioether (sulfide) groups is 1. The van der Waals surface area contributed by atoms with Gasteiger partial charge in [-0.15, -0.1) is 0 Å². The van der Waals surface area contributed by atoms with Gasteiger partial charge in [0.05, 0.1) is 16.2 Å². The molecule has 0 aliphatic rings. The Labute approximate surface area is 181 Å². The van der Waals surface area contributed by atoms with Crippen LogP contribution in [-0.4, -0.2) is 52.4 Å². The first-order chi connectivity index (χ1) is 13.8. The first-order valence-corrected chi connectivity index (χ1v) is 12.1. The SMILES string of the molecule is CCN(CC)S(=O)(=O)c1cccc(NC(=O)CSc2nc3ncc(Br)cc3[nH]2)c1. The van der Waals surface area contributed by atoms with Crippen molar-refractivity contribution in [1.29, 1.82) is 0 Å². The molecule has 3 aromatic rings. The number of aromatic amines is 1. The number of hydrogen-bond acceptors (Lipinski definition) is 6. The molecule has 0 spiro atoms. The molecular formula is C18H20BrN5O3S2. The lowest BCUT2D eigenvalue weighted by atomic mass is 10.3. The number of aromatic nitrogens is 3. The number of hydrogen-bond donors (Lipinski definition) is 2. The number of carbonyl (C=O) groups excluding carboxylic acids is 1. The molecule has 0 saturated heterocycles. The van der Waals surface area contributed by atoms with Gasteiger partial charge in [-0.2, -0.15) is 4.31 Å². The number of H-pyrrole nitrogens is 1. The van der Waals surface area contributed by atoms with Crippen LogP contribution in [0.2, 0.25) is 0 Å². The van der Waals surface area contributed by atoms with Crippen molar-refractivity contribution in [2.75, 3.05) is 24.2 Å². The van der Waals surface area contributed by atoms with E-state index in [-0.39, 0.29) is 16.6 Å². The molecule has 3 rings (SSSR count). The fourth-order valence-electron chi connectivity index (χ4n) is 2.70. The summed E-state index contributed by atoms with van der Waals surface area (Å²) in [6.07, 6.45) is 1.66. The van der Waals surface area contributed by atoms with Crippen LogP contribution in [0.5, 0.6) is 0 Å². The number of anilines is 1. The van der Waals surface area contributed by atoms with E-state index in [0.717, 1.165) is 9.99 Å². The summed E-state index contributed by atoms with van der Waals surface area (Å²) in [6.45, 7) is 4.34. The van der Waals surface area contributed by atoms with Gasteiger partial charge in [0, 0.05) is 29.4 Å². The molecule has 0 aliphatic carbocycles. The number of nitrogens with zero attached hydrogens (tertiary/aromatic N) is 3. The third-order valence-electron chi connectivity index (χ3n) is 4.08. The zero-order valence-corrected chi connectivity index (χ0v) is 19.1. The van der Waals surface area contributed by atoms with E-state index in [4.69, 9.17) is 0 Å². The molecular weight excluding hydrogens is 478 g/mol. The highest BCUT2D eigenvalue weighted by Gasteiger charge is 2.21. The summed E-state index contributed by atoms with van der Waals surface area (Å²) in [5.74, 6) is -0.143. The summed E-state index contributed by atoms with van der Waals surface area (Å²) in [4.78, 5) is 24.1. The zero-order chi connectivity index (χ0) is 21.0. The van der Waals surface area contributed by atoms with Crippen molar-refractivity contribution in [3.63, 3.8) is 0 Å². The highest BCUT2D eigenvalue weighted by atomic mass is 79.9. The fraction of sp³-hybridized carbons (Fsp3) is 0.278. The molecule has 0 atom stereocenters. The topological polar surface area (TPSA) is 108 Å². The average Bonchev–Trinajstić information content (AvgIpc) is 3.09. The van der Waals surface area contributed by atoms with Crippen molar-refractivity contribution >= 4 is 60.5 Å². The molecule has 29 heavy (non-hydrogen) atoms. The lowest BCUT2D eigenvalue weighted by Gasteiger charge is -2.18. The van der Waals surface area contributed by atoms with Crippen LogP contribution in [0.1, 0.15) is 13.8 Å². The van der Waals surface area contributed by atoms with Crippen LogP contribution in [0, 0.1) is 0 Å². The van der Waals surface area contributed by atoms with Gasteiger partial charge in [0.25, 0.3) is 0 Å². The predicted octanol–water partition coefficient (Wildman–Crippen LogP) is 3.48. The molecule has 0 radical (unpaired) electrons. The fourth-order valence-corrected chi connectivity index (χ4v) is 5.21. The van der Waals surface area contributed by atoms with Crippen LogP contribution in [0.4, 0.5) is 5.69 Å². The first kappa shape index (κ1) is 21.8. The summed E-state index contributed by atoms with van der Waals surface area (Å²) in [6, 6.07) is 8.13. The molecule has 0 unspecified atom stereocenters. The summed E-state index contributed by atoms with van der Waals surface area (Å²) < 4.78 is 27.5. The highest BCUT2D eigenvalue weighted by molar-refractivity contribution is 9.10. The van der Waals surface area contributed by atoms with E-state index in [0.29, 0.717) is 29.6 Å². The van der Waals surface area contributed by atoms with Crippen molar-refractivity contribution in [1.82, 2.24) is 19.3 Å². The van der Waals surface area contributed by atoms with Crippen LogP contribution >= 0.6 is 27.7 Å². The maximum Gasteiger partial charge on any atom is 0.243 e. The lowest BCUT2D eigenvalue weighted by molar-refractivity contribution is -0.113. The molecule has 2 heterocycles. The van der Waals surface area contributed by atoms with E-state index in [9.17, 15) is 13.2 Å². The summed E-state index contributed by atoms with van der Waals surface area (Å²) >= 11 is 4.59. The molecule has 11 heteroatoms. The first-order valence-electron chi connectivity index (χ1n) is 8.87. The molecule has 0 saturated carbocycles. The molecule has 0 bridgehead atoms. The molecule has 154 valence electrons.